The summed E-state index contributed by atoms with van der Waals surface area (Å²) in [7, 11) is 4.30. The number of nitrogens with zero attached hydrogens (tertiary/aromatic N) is 1. The second kappa shape index (κ2) is 5.88. The minimum Gasteiger partial charge on any atom is -0.305 e. The summed E-state index contributed by atoms with van der Waals surface area (Å²) in [6.45, 7) is 14.8. The van der Waals surface area contributed by atoms with Crippen molar-refractivity contribution in [2.75, 3.05) is 14.1 Å². The monoisotopic (exact) mass is 247 g/mol. The summed E-state index contributed by atoms with van der Waals surface area (Å²) in [4.78, 5) is 2.27. The maximum absolute atomic E-state index is 2.44. The SMILES string of the molecule is Cc1c(C(C)C)cc(C(C)C)c(CN(C)C)c1C. The normalized spacial score (nSPS) is 11.9. The van der Waals surface area contributed by atoms with Crippen molar-refractivity contribution >= 4 is 0 Å². The van der Waals surface area contributed by atoms with Crippen molar-refractivity contribution in [1.82, 2.24) is 4.90 Å². The average molecular weight is 247 g/mol. The van der Waals surface area contributed by atoms with E-state index in [1.165, 1.54) is 27.8 Å². The van der Waals surface area contributed by atoms with Crippen LogP contribution in [-0.4, -0.2) is 19.0 Å². The second-order valence-corrected chi connectivity index (χ2v) is 6.33. The van der Waals surface area contributed by atoms with E-state index in [2.05, 4.69) is 66.6 Å². The molecule has 0 aliphatic heterocycles. The molecule has 1 aromatic rings. The predicted octanol–water partition coefficient (Wildman–Crippen LogP) is 4.61. The molecule has 0 unspecified atom stereocenters. The molecule has 18 heavy (non-hydrogen) atoms. The van der Waals surface area contributed by atoms with E-state index in [-0.39, 0.29) is 0 Å². The first-order valence-electron chi connectivity index (χ1n) is 7.03. The smallest absolute Gasteiger partial charge is 0.0233 e. The fourth-order valence-electron chi connectivity index (χ4n) is 2.66. The molecule has 0 aromatic heterocycles. The number of hydrogen-bond acceptors (Lipinski definition) is 1. The van der Waals surface area contributed by atoms with Crippen LogP contribution in [0.25, 0.3) is 0 Å². The Morgan fingerprint density at radius 1 is 0.889 bits per heavy atom. The van der Waals surface area contributed by atoms with Crippen molar-refractivity contribution < 1.29 is 0 Å². The molecule has 0 saturated carbocycles. The van der Waals surface area contributed by atoms with E-state index in [1.54, 1.807) is 0 Å². The molecule has 0 saturated heterocycles. The number of benzene rings is 1. The summed E-state index contributed by atoms with van der Waals surface area (Å²) in [5.74, 6) is 1.20. The lowest BCUT2D eigenvalue weighted by molar-refractivity contribution is 0.399. The maximum atomic E-state index is 2.44. The Kier molecular flexibility index (Phi) is 4.98. The molecule has 0 amide bonds. The van der Waals surface area contributed by atoms with Gasteiger partial charge in [-0.25, -0.2) is 0 Å². The standard InChI is InChI=1S/C17H29N/c1-11(2)15-9-16(12(3)4)17(10-18(7)8)14(6)13(15)5/h9,11-12H,10H2,1-8H3. The van der Waals surface area contributed by atoms with Crippen molar-refractivity contribution in [3.8, 4) is 0 Å². The lowest BCUT2D eigenvalue weighted by Crippen LogP contribution is -2.15. The van der Waals surface area contributed by atoms with Crippen LogP contribution in [0.15, 0.2) is 6.07 Å². The average Bonchev–Trinajstić information content (AvgIpc) is 2.23. The van der Waals surface area contributed by atoms with Gasteiger partial charge in [0.05, 0.1) is 0 Å². The van der Waals surface area contributed by atoms with Crippen LogP contribution in [0.4, 0.5) is 0 Å². The van der Waals surface area contributed by atoms with Gasteiger partial charge in [0.15, 0.2) is 0 Å². The topological polar surface area (TPSA) is 3.24 Å². The first-order chi connectivity index (χ1) is 8.25. The summed E-state index contributed by atoms with van der Waals surface area (Å²) in [6.07, 6.45) is 0. The van der Waals surface area contributed by atoms with Crippen LogP contribution >= 0.6 is 0 Å². The molecule has 0 aliphatic carbocycles. The minimum absolute atomic E-state index is 0.594. The van der Waals surface area contributed by atoms with Crippen molar-refractivity contribution in [2.45, 2.75) is 59.9 Å². The lowest BCUT2D eigenvalue weighted by Gasteiger charge is -2.24. The van der Waals surface area contributed by atoms with Crippen LogP contribution in [0.3, 0.4) is 0 Å². The van der Waals surface area contributed by atoms with E-state index in [0.29, 0.717) is 11.8 Å². The van der Waals surface area contributed by atoms with E-state index < -0.39 is 0 Å². The molecule has 0 bridgehead atoms. The van der Waals surface area contributed by atoms with Crippen LogP contribution in [0.2, 0.25) is 0 Å². The first-order valence-corrected chi connectivity index (χ1v) is 7.03. The van der Waals surface area contributed by atoms with Gasteiger partial charge in [0.1, 0.15) is 0 Å². The van der Waals surface area contributed by atoms with Gasteiger partial charge in [0.2, 0.25) is 0 Å². The highest BCUT2D eigenvalue weighted by Gasteiger charge is 2.16. The lowest BCUT2D eigenvalue weighted by atomic mass is 9.84. The van der Waals surface area contributed by atoms with E-state index in [9.17, 15) is 0 Å². The summed E-state index contributed by atoms with van der Waals surface area (Å²) >= 11 is 0. The summed E-state index contributed by atoms with van der Waals surface area (Å²) in [5, 5.41) is 0. The Morgan fingerprint density at radius 2 is 1.39 bits per heavy atom. The quantitative estimate of drug-likeness (QED) is 0.751. The molecule has 0 N–H and O–H groups in total. The highest BCUT2D eigenvalue weighted by atomic mass is 15.0. The zero-order chi connectivity index (χ0) is 14.0. The molecule has 0 atom stereocenters. The van der Waals surface area contributed by atoms with Crippen molar-refractivity contribution in [2.24, 2.45) is 0 Å². The summed E-state index contributed by atoms with van der Waals surface area (Å²) in [5.41, 5.74) is 7.52. The first kappa shape index (κ1) is 15.2. The molecule has 1 aromatic carbocycles. The largest absolute Gasteiger partial charge is 0.305 e. The molecule has 0 fully saturated rings. The fraction of sp³-hybridized carbons (Fsp3) is 0.647. The Balaban J connectivity index is 3.45. The molecule has 0 heterocycles. The minimum atomic E-state index is 0.594. The highest BCUT2D eigenvalue weighted by Crippen LogP contribution is 2.31. The van der Waals surface area contributed by atoms with Crippen LogP contribution < -0.4 is 0 Å². The Morgan fingerprint density at radius 3 is 1.78 bits per heavy atom. The Hall–Kier alpha value is -0.820. The molecule has 0 aliphatic rings. The zero-order valence-corrected chi connectivity index (χ0v) is 13.4. The third kappa shape index (κ3) is 3.14. The van der Waals surface area contributed by atoms with Crippen LogP contribution in [0.1, 0.15) is 67.3 Å². The van der Waals surface area contributed by atoms with Gasteiger partial charge in [0, 0.05) is 6.54 Å². The number of rotatable bonds is 4. The van der Waals surface area contributed by atoms with Gasteiger partial charge in [-0.2, -0.15) is 0 Å². The Labute approximate surface area is 113 Å². The van der Waals surface area contributed by atoms with E-state index in [0.717, 1.165) is 6.54 Å². The predicted molar refractivity (Wildman–Crippen MR) is 81.5 cm³/mol. The van der Waals surface area contributed by atoms with E-state index in [1.807, 2.05) is 0 Å². The van der Waals surface area contributed by atoms with Gasteiger partial charge in [-0.15, -0.1) is 0 Å². The molecule has 1 rings (SSSR count). The van der Waals surface area contributed by atoms with Gasteiger partial charge >= 0.3 is 0 Å². The maximum Gasteiger partial charge on any atom is 0.0233 e. The van der Waals surface area contributed by atoms with Crippen molar-refractivity contribution in [1.29, 1.82) is 0 Å². The van der Waals surface area contributed by atoms with E-state index >= 15 is 0 Å². The van der Waals surface area contributed by atoms with Crippen LogP contribution in [-0.2, 0) is 6.54 Å². The molecule has 1 nitrogen and oxygen atoms in total. The van der Waals surface area contributed by atoms with Crippen molar-refractivity contribution in [3.63, 3.8) is 0 Å². The molecule has 102 valence electrons. The fourth-order valence-corrected chi connectivity index (χ4v) is 2.66. The van der Waals surface area contributed by atoms with Gasteiger partial charge in [-0.3, -0.25) is 0 Å². The molecular weight excluding hydrogens is 218 g/mol. The molecule has 1 heteroatoms. The van der Waals surface area contributed by atoms with Gasteiger partial charge in [0.25, 0.3) is 0 Å². The summed E-state index contributed by atoms with van der Waals surface area (Å²) in [6, 6.07) is 2.44. The van der Waals surface area contributed by atoms with Gasteiger partial charge in [-0.1, -0.05) is 33.8 Å². The number of hydrogen-bond donors (Lipinski definition) is 0. The van der Waals surface area contributed by atoms with Crippen molar-refractivity contribution in [3.05, 3.63) is 33.9 Å². The van der Waals surface area contributed by atoms with Crippen LogP contribution in [0, 0.1) is 13.8 Å². The van der Waals surface area contributed by atoms with E-state index in [4.69, 9.17) is 0 Å². The highest BCUT2D eigenvalue weighted by molar-refractivity contribution is 5.47. The van der Waals surface area contributed by atoms with Crippen LogP contribution in [0.5, 0.6) is 0 Å². The van der Waals surface area contributed by atoms with Gasteiger partial charge in [-0.05, 0) is 67.6 Å². The third-order valence-corrected chi connectivity index (χ3v) is 3.83. The zero-order valence-electron chi connectivity index (χ0n) is 13.4. The molecule has 0 radical (unpaired) electrons. The van der Waals surface area contributed by atoms with Gasteiger partial charge < -0.3 is 4.90 Å². The summed E-state index contributed by atoms with van der Waals surface area (Å²) < 4.78 is 0. The second-order valence-electron chi connectivity index (χ2n) is 6.33. The Bertz CT molecular complexity index is 414. The third-order valence-electron chi connectivity index (χ3n) is 3.83. The molecular formula is C17H29N. The molecule has 0 spiro atoms.